The van der Waals surface area contributed by atoms with Crippen molar-refractivity contribution in [1.82, 2.24) is 10.9 Å². The average molecular weight is 237 g/mol. The topological polar surface area (TPSA) is 72.6 Å². The van der Waals surface area contributed by atoms with Crippen molar-refractivity contribution < 1.29 is 0 Å². The Bertz CT molecular complexity index is 341. The molecule has 0 fully saturated rings. The van der Waals surface area contributed by atoms with Gasteiger partial charge in [0.15, 0.2) is 5.84 Å². The summed E-state index contributed by atoms with van der Waals surface area (Å²) in [6.45, 7) is 11.1. The van der Waals surface area contributed by atoms with Gasteiger partial charge in [0.2, 0.25) is 0 Å². The van der Waals surface area contributed by atoms with E-state index < -0.39 is 0 Å². The van der Waals surface area contributed by atoms with E-state index in [-0.39, 0.29) is 12.1 Å². The van der Waals surface area contributed by atoms with Crippen LogP contribution in [0.1, 0.15) is 34.6 Å². The molecule has 96 valence electrons. The van der Waals surface area contributed by atoms with E-state index in [1.807, 2.05) is 6.92 Å². The monoisotopic (exact) mass is 237 g/mol. The lowest BCUT2D eigenvalue weighted by atomic mass is 10.00. The van der Waals surface area contributed by atoms with Crippen LogP contribution in [0.15, 0.2) is 9.98 Å². The first-order valence-electron chi connectivity index (χ1n) is 6.21. The van der Waals surface area contributed by atoms with Gasteiger partial charge < -0.3 is 5.43 Å². The van der Waals surface area contributed by atoms with E-state index in [4.69, 9.17) is 5.41 Å². The Morgan fingerprint density at radius 2 is 1.88 bits per heavy atom. The van der Waals surface area contributed by atoms with Crippen LogP contribution in [0, 0.1) is 17.2 Å². The number of aliphatic imine (C=N–C) groups is 2. The van der Waals surface area contributed by atoms with Crippen LogP contribution >= 0.6 is 0 Å². The van der Waals surface area contributed by atoms with Crippen LogP contribution in [-0.4, -0.2) is 30.0 Å². The molecule has 0 saturated carbocycles. The Balaban J connectivity index is 2.94. The van der Waals surface area contributed by atoms with Crippen LogP contribution in [0.4, 0.5) is 0 Å². The van der Waals surface area contributed by atoms with Crippen molar-refractivity contribution in [1.29, 1.82) is 5.41 Å². The van der Waals surface area contributed by atoms with Crippen LogP contribution in [-0.2, 0) is 0 Å². The molecule has 3 N–H and O–H groups in total. The lowest BCUT2D eigenvalue weighted by molar-refractivity contribution is 0.506. The van der Waals surface area contributed by atoms with E-state index in [0.717, 1.165) is 12.3 Å². The first kappa shape index (κ1) is 13.8. The fraction of sp³-hybridized carbons (Fsp3) is 0.750. The average Bonchev–Trinajstić information content (AvgIpc) is 2.26. The number of hydrazine groups is 1. The standard InChI is InChI=1S/C12H23N5/c1-6-14-17-12-9(13)10(7(2)3)15-11(16-12)8(4)5/h7-8,11,13-14H,6H2,1-5H3,(H,16,17). The second-order valence-electron chi connectivity index (χ2n) is 4.83. The molecule has 0 spiro atoms. The molecule has 0 saturated heterocycles. The molecular weight excluding hydrogens is 214 g/mol. The quantitative estimate of drug-likeness (QED) is 0.650. The van der Waals surface area contributed by atoms with Gasteiger partial charge in [0.1, 0.15) is 11.9 Å². The van der Waals surface area contributed by atoms with Gasteiger partial charge in [0.25, 0.3) is 0 Å². The maximum Gasteiger partial charge on any atom is 0.165 e. The molecule has 1 rings (SSSR count). The van der Waals surface area contributed by atoms with Crippen molar-refractivity contribution in [2.24, 2.45) is 21.8 Å². The molecule has 0 bridgehead atoms. The molecule has 0 aliphatic carbocycles. The third-order valence-electron chi connectivity index (χ3n) is 2.55. The van der Waals surface area contributed by atoms with E-state index in [0.29, 0.717) is 17.5 Å². The second-order valence-corrected chi connectivity index (χ2v) is 4.83. The normalized spacial score (nSPS) is 20.6. The molecule has 0 radical (unpaired) electrons. The van der Waals surface area contributed by atoms with Gasteiger partial charge in [-0.25, -0.2) is 10.4 Å². The summed E-state index contributed by atoms with van der Waals surface area (Å²) in [5, 5.41) is 8.08. The molecule has 1 heterocycles. The Kier molecular flexibility index (Phi) is 4.81. The van der Waals surface area contributed by atoms with Crippen LogP contribution in [0.5, 0.6) is 0 Å². The van der Waals surface area contributed by atoms with Gasteiger partial charge in [-0.15, -0.1) is 0 Å². The number of amidine groups is 1. The Morgan fingerprint density at radius 1 is 1.24 bits per heavy atom. The summed E-state index contributed by atoms with van der Waals surface area (Å²) in [6, 6.07) is 0. The highest BCUT2D eigenvalue weighted by molar-refractivity contribution is 6.67. The summed E-state index contributed by atoms with van der Waals surface area (Å²) < 4.78 is 0. The minimum absolute atomic E-state index is 0.0809. The largest absolute Gasteiger partial charge is 0.304 e. The zero-order chi connectivity index (χ0) is 13.0. The van der Waals surface area contributed by atoms with Gasteiger partial charge in [-0.2, -0.15) is 0 Å². The molecule has 0 aromatic heterocycles. The molecule has 5 heteroatoms. The van der Waals surface area contributed by atoms with Gasteiger partial charge in [-0.05, 0) is 11.8 Å². The van der Waals surface area contributed by atoms with Crippen molar-refractivity contribution in [2.45, 2.75) is 40.8 Å². The predicted octanol–water partition coefficient (Wildman–Crippen LogP) is 1.61. The van der Waals surface area contributed by atoms with Crippen molar-refractivity contribution in [2.75, 3.05) is 6.54 Å². The minimum atomic E-state index is -0.0809. The van der Waals surface area contributed by atoms with E-state index in [2.05, 4.69) is 48.5 Å². The highest BCUT2D eigenvalue weighted by atomic mass is 15.4. The highest BCUT2D eigenvalue weighted by Gasteiger charge is 2.25. The SMILES string of the molecule is CCNNC1=NC(C(C)C)N=C(C(C)C)C1=N. The van der Waals surface area contributed by atoms with E-state index in [1.165, 1.54) is 0 Å². The number of nitrogens with zero attached hydrogens (tertiary/aromatic N) is 2. The van der Waals surface area contributed by atoms with Gasteiger partial charge in [-0.1, -0.05) is 34.6 Å². The van der Waals surface area contributed by atoms with Gasteiger partial charge in [0, 0.05) is 6.54 Å². The van der Waals surface area contributed by atoms with Crippen LogP contribution in [0.2, 0.25) is 0 Å². The molecule has 0 aromatic rings. The third-order valence-corrected chi connectivity index (χ3v) is 2.55. The van der Waals surface area contributed by atoms with Gasteiger partial charge >= 0.3 is 0 Å². The highest BCUT2D eigenvalue weighted by Crippen LogP contribution is 2.15. The molecule has 0 amide bonds. The molecule has 1 atom stereocenters. The summed E-state index contributed by atoms with van der Waals surface area (Å²) in [5.74, 6) is 1.19. The fourth-order valence-electron chi connectivity index (χ4n) is 1.56. The maximum absolute atomic E-state index is 8.08. The van der Waals surface area contributed by atoms with Crippen LogP contribution in [0.3, 0.4) is 0 Å². The molecule has 1 aliphatic heterocycles. The second kappa shape index (κ2) is 5.91. The number of nitrogens with one attached hydrogen (secondary N) is 3. The molecular formula is C12H23N5. The van der Waals surface area contributed by atoms with E-state index in [1.54, 1.807) is 0 Å². The predicted molar refractivity (Wildman–Crippen MR) is 72.9 cm³/mol. The minimum Gasteiger partial charge on any atom is -0.304 e. The fourth-order valence-corrected chi connectivity index (χ4v) is 1.56. The summed E-state index contributed by atoms with van der Waals surface area (Å²) in [4.78, 5) is 9.02. The molecule has 1 aliphatic rings. The van der Waals surface area contributed by atoms with Gasteiger partial charge in [-0.3, -0.25) is 10.4 Å². The summed E-state index contributed by atoms with van der Waals surface area (Å²) in [5.41, 5.74) is 7.21. The number of rotatable bonds is 4. The lowest BCUT2D eigenvalue weighted by Gasteiger charge is -2.25. The number of hydrogen-bond acceptors (Lipinski definition) is 5. The molecule has 0 aromatic carbocycles. The van der Waals surface area contributed by atoms with Crippen molar-refractivity contribution in [3.8, 4) is 0 Å². The van der Waals surface area contributed by atoms with Gasteiger partial charge in [0.05, 0.1) is 5.71 Å². The van der Waals surface area contributed by atoms with E-state index >= 15 is 0 Å². The van der Waals surface area contributed by atoms with Crippen molar-refractivity contribution >= 4 is 17.3 Å². The molecule has 5 nitrogen and oxygen atoms in total. The lowest BCUT2D eigenvalue weighted by Crippen LogP contribution is -2.47. The van der Waals surface area contributed by atoms with E-state index in [9.17, 15) is 0 Å². The summed E-state index contributed by atoms with van der Waals surface area (Å²) >= 11 is 0. The first-order chi connectivity index (χ1) is 7.97. The Labute approximate surface area is 103 Å². The zero-order valence-corrected chi connectivity index (χ0v) is 11.3. The van der Waals surface area contributed by atoms with Crippen molar-refractivity contribution in [3.63, 3.8) is 0 Å². The van der Waals surface area contributed by atoms with Crippen molar-refractivity contribution in [3.05, 3.63) is 0 Å². The Morgan fingerprint density at radius 3 is 2.35 bits per heavy atom. The smallest absolute Gasteiger partial charge is 0.165 e. The summed E-state index contributed by atoms with van der Waals surface area (Å²) in [7, 11) is 0. The maximum atomic E-state index is 8.08. The Hall–Kier alpha value is -1.23. The zero-order valence-electron chi connectivity index (χ0n) is 11.3. The molecule has 17 heavy (non-hydrogen) atoms. The van der Waals surface area contributed by atoms with Crippen LogP contribution < -0.4 is 10.9 Å². The van der Waals surface area contributed by atoms with Crippen LogP contribution in [0.25, 0.3) is 0 Å². The first-order valence-corrected chi connectivity index (χ1v) is 6.21. The molecule has 1 unspecified atom stereocenters. The third kappa shape index (κ3) is 3.36. The number of hydrogen-bond donors (Lipinski definition) is 3. The summed E-state index contributed by atoms with van der Waals surface area (Å²) in [6.07, 6.45) is -0.0809.